The number of nitrogens with one attached hydrogen (secondary N) is 1. The van der Waals surface area contributed by atoms with E-state index in [1.54, 1.807) is 31.3 Å². The summed E-state index contributed by atoms with van der Waals surface area (Å²) in [5.41, 5.74) is 2.37. The van der Waals surface area contributed by atoms with Gasteiger partial charge in [0.05, 0.1) is 12.7 Å². The number of allylic oxidation sites excluding steroid dienone is 1. The molecule has 0 radical (unpaired) electrons. The maximum atomic E-state index is 12.3. The predicted molar refractivity (Wildman–Crippen MR) is 97.8 cm³/mol. The molecule has 1 aliphatic rings. The van der Waals surface area contributed by atoms with Crippen LogP contribution in [0.1, 0.15) is 24.2 Å². The third-order valence-corrected chi connectivity index (χ3v) is 4.37. The lowest BCUT2D eigenvalue weighted by Gasteiger charge is -2.26. The fraction of sp³-hybridized carbons (Fsp3) is 0.167. The number of ether oxygens (including phenoxy) is 1. The molecule has 1 aliphatic heterocycles. The van der Waals surface area contributed by atoms with Crippen molar-refractivity contribution in [2.45, 2.75) is 13.0 Å². The molecular formula is C18H15Cl2N3O2. The number of carbonyl (C=O) groups is 1. The predicted octanol–water partition coefficient (Wildman–Crippen LogP) is 3.93. The second-order valence-electron chi connectivity index (χ2n) is 5.42. The molecular weight excluding hydrogens is 361 g/mol. The van der Waals surface area contributed by atoms with E-state index in [1.165, 1.54) is 7.11 Å². The molecule has 0 saturated carbocycles. The quantitative estimate of drug-likeness (QED) is 0.825. The van der Waals surface area contributed by atoms with Crippen molar-refractivity contribution in [3.8, 4) is 0 Å². The Kier molecular flexibility index (Phi) is 5.06. The van der Waals surface area contributed by atoms with E-state index in [-0.39, 0.29) is 0 Å². The van der Waals surface area contributed by atoms with Crippen molar-refractivity contribution in [2.24, 2.45) is 4.99 Å². The smallest absolute Gasteiger partial charge is 0.338 e. The van der Waals surface area contributed by atoms with Crippen molar-refractivity contribution in [1.29, 1.82) is 0 Å². The molecule has 0 amide bonds. The van der Waals surface area contributed by atoms with Gasteiger partial charge in [-0.2, -0.15) is 0 Å². The number of carbonyl (C=O) groups excluding carboxylic acids is 1. The van der Waals surface area contributed by atoms with Crippen molar-refractivity contribution in [3.63, 3.8) is 0 Å². The Hall–Kier alpha value is -2.37. The number of methoxy groups -OCH3 is 1. The van der Waals surface area contributed by atoms with Crippen molar-refractivity contribution in [2.75, 3.05) is 7.11 Å². The zero-order valence-corrected chi connectivity index (χ0v) is 15.1. The molecule has 1 aromatic carbocycles. The lowest BCUT2D eigenvalue weighted by molar-refractivity contribution is -0.136. The maximum Gasteiger partial charge on any atom is 0.338 e. The lowest BCUT2D eigenvalue weighted by Crippen LogP contribution is -2.33. The molecule has 0 aliphatic carbocycles. The Bertz CT molecular complexity index is 879. The van der Waals surface area contributed by atoms with Crippen LogP contribution in [0, 0.1) is 0 Å². The third-order valence-electron chi connectivity index (χ3n) is 3.81. The summed E-state index contributed by atoms with van der Waals surface area (Å²) in [6, 6.07) is 10.0. The topological polar surface area (TPSA) is 63.6 Å². The molecule has 1 unspecified atom stereocenters. The van der Waals surface area contributed by atoms with Gasteiger partial charge in [0, 0.05) is 27.5 Å². The summed E-state index contributed by atoms with van der Waals surface area (Å²) in [5, 5.41) is 4.07. The van der Waals surface area contributed by atoms with Gasteiger partial charge < -0.3 is 10.1 Å². The Balaban J connectivity index is 2.14. The van der Waals surface area contributed by atoms with E-state index < -0.39 is 12.0 Å². The number of hydrogen-bond acceptors (Lipinski definition) is 5. The molecule has 25 heavy (non-hydrogen) atoms. The molecule has 3 rings (SSSR count). The van der Waals surface area contributed by atoms with Crippen molar-refractivity contribution >= 4 is 35.0 Å². The van der Waals surface area contributed by atoms with Gasteiger partial charge in [0.1, 0.15) is 11.7 Å². The van der Waals surface area contributed by atoms with Crippen molar-refractivity contribution in [3.05, 3.63) is 75.2 Å². The molecule has 0 fully saturated rings. The highest BCUT2D eigenvalue weighted by atomic mass is 35.5. The minimum atomic E-state index is -0.615. The SMILES string of the molecule is COC(=O)C1=C(C)NC(c2ccccn2)=NC1c1ccc(Cl)cc1Cl. The number of aromatic nitrogens is 1. The molecule has 2 heterocycles. The molecule has 1 atom stereocenters. The number of aliphatic imine (C=N–C) groups is 1. The van der Waals surface area contributed by atoms with Crippen LogP contribution in [0.2, 0.25) is 10.0 Å². The van der Waals surface area contributed by atoms with E-state index in [4.69, 9.17) is 27.9 Å². The minimum Gasteiger partial charge on any atom is -0.466 e. The minimum absolute atomic E-state index is 0.395. The number of esters is 1. The van der Waals surface area contributed by atoms with E-state index in [9.17, 15) is 4.79 Å². The number of halogens is 2. The Morgan fingerprint density at radius 2 is 2.04 bits per heavy atom. The lowest BCUT2D eigenvalue weighted by atomic mass is 9.95. The van der Waals surface area contributed by atoms with Gasteiger partial charge in [0.25, 0.3) is 0 Å². The van der Waals surface area contributed by atoms with E-state index in [1.807, 2.05) is 18.2 Å². The van der Waals surface area contributed by atoms with Crippen LogP contribution < -0.4 is 5.32 Å². The largest absolute Gasteiger partial charge is 0.466 e. The standard InChI is InChI=1S/C18H15Cl2N3O2/c1-10-15(18(24)25-2)16(12-7-6-11(19)9-13(12)20)23-17(22-10)14-5-3-4-8-21-14/h3-9,16H,1-2H3,(H,22,23). The number of benzene rings is 1. The van der Waals surface area contributed by atoms with Crippen molar-refractivity contribution < 1.29 is 9.53 Å². The summed E-state index contributed by atoms with van der Waals surface area (Å²) in [6.07, 6.45) is 1.68. The van der Waals surface area contributed by atoms with Gasteiger partial charge in [-0.15, -0.1) is 0 Å². The Labute approximate surface area is 155 Å². The van der Waals surface area contributed by atoms with Crippen LogP contribution in [0.25, 0.3) is 0 Å². The van der Waals surface area contributed by atoms with Gasteiger partial charge in [0.15, 0.2) is 5.84 Å². The number of pyridine rings is 1. The van der Waals surface area contributed by atoms with Crippen LogP contribution in [-0.2, 0) is 9.53 Å². The summed E-state index contributed by atoms with van der Waals surface area (Å²) >= 11 is 12.3. The fourth-order valence-corrected chi connectivity index (χ4v) is 3.14. The fourth-order valence-electron chi connectivity index (χ4n) is 2.63. The summed E-state index contributed by atoms with van der Waals surface area (Å²) in [5.74, 6) is 0.0895. The average Bonchev–Trinajstić information content (AvgIpc) is 2.61. The first-order valence-corrected chi connectivity index (χ1v) is 8.27. The first kappa shape index (κ1) is 17.5. The van der Waals surface area contributed by atoms with E-state index in [0.717, 1.165) is 0 Å². The first-order valence-electron chi connectivity index (χ1n) is 7.51. The molecule has 0 bridgehead atoms. The van der Waals surface area contributed by atoms with Gasteiger partial charge in [0.2, 0.25) is 0 Å². The second-order valence-corrected chi connectivity index (χ2v) is 6.26. The van der Waals surface area contributed by atoms with Crippen LogP contribution >= 0.6 is 23.2 Å². The molecule has 0 saturated heterocycles. The Morgan fingerprint density at radius 1 is 1.24 bits per heavy atom. The first-order chi connectivity index (χ1) is 12.0. The maximum absolute atomic E-state index is 12.3. The Morgan fingerprint density at radius 3 is 2.68 bits per heavy atom. The molecule has 1 N–H and O–H groups in total. The number of rotatable bonds is 3. The van der Waals surface area contributed by atoms with Crippen LogP contribution in [0.15, 0.2) is 58.9 Å². The van der Waals surface area contributed by atoms with Gasteiger partial charge in [-0.05, 0) is 31.2 Å². The second kappa shape index (κ2) is 7.25. The molecule has 7 heteroatoms. The number of nitrogens with zero attached hydrogens (tertiary/aromatic N) is 2. The zero-order valence-electron chi connectivity index (χ0n) is 13.6. The van der Waals surface area contributed by atoms with Crippen LogP contribution in [-0.4, -0.2) is 23.9 Å². The highest BCUT2D eigenvalue weighted by molar-refractivity contribution is 6.35. The van der Waals surface area contributed by atoms with Gasteiger partial charge in [-0.3, -0.25) is 9.98 Å². The van der Waals surface area contributed by atoms with Crippen molar-refractivity contribution in [1.82, 2.24) is 10.3 Å². The molecule has 0 spiro atoms. The molecule has 2 aromatic rings. The van der Waals surface area contributed by atoms with Crippen LogP contribution in [0.5, 0.6) is 0 Å². The summed E-state index contributed by atoms with van der Waals surface area (Å²) in [7, 11) is 1.33. The van der Waals surface area contributed by atoms with Gasteiger partial charge in [-0.1, -0.05) is 35.3 Å². The zero-order chi connectivity index (χ0) is 18.0. The number of hydrogen-bond donors (Lipinski definition) is 1. The van der Waals surface area contributed by atoms with Gasteiger partial charge >= 0.3 is 5.97 Å². The summed E-state index contributed by atoms with van der Waals surface area (Å²) < 4.78 is 4.93. The molecule has 5 nitrogen and oxygen atoms in total. The average molecular weight is 376 g/mol. The summed E-state index contributed by atoms with van der Waals surface area (Å²) in [4.78, 5) is 21.3. The highest BCUT2D eigenvalue weighted by Crippen LogP contribution is 2.36. The summed E-state index contributed by atoms with van der Waals surface area (Å²) in [6.45, 7) is 1.79. The normalized spacial score (nSPS) is 17.0. The molecule has 128 valence electrons. The van der Waals surface area contributed by atoms with Gasteiger partial charge in [-0.25, -0.2) is 4.79 Å². The number of amidine groups is 1. The van der Waals surface area contributed by atoms with Crippen LogP contribution in [0.3, 0.4) is 0 Å². The highest BCUT2D eigenvalue weighted by Gasteiger charge is 2.31. The van der Waals surface area contributed by atoms with E-state index in [2.05, 4.69) is 15.3 Å². The van der Waals surface area contributed by atoms with E-state index >= 15 is 0 Å². The monoisotopic (exact) mass is 375 g/mol. The van der Waals surface area contributed by atoms with Crippen LogP contribution in [0.4, 0.5) is 0 Å². The molecule has 1 aromatic heterocycles. The third kappa shape index (κ3) is 3.52. The van der Waals surface area contributed by atoms with E-state index in [0.29, 0.717) is 38.4 Å².